The standard InChI is InChI=1S/C20H20O4/c1-9-5-6-20(4)12(11(9)3)7-13(21)15-16(20)18(23)19-14(17(15)22)10(2)8-24-19/h7-8,22-23H,5-6H2,1-4H3. The minimum absolute atomic E-state index is 0.0281. The van der Waals surface area contributed by atoms with E-state index in [1.165, 1.54) is 11.8 Å². The van der Waals surface area contributed by atoms with E-state index in [0.29, 0.717) is 16.5 Å². The molecule has 4 rings (SSSR count). The Labute approximate surface area is 140 Å². The number of allylic oxidation sites excluding steroid dienone is 4. The highest BCUT2D eigenvalue weighted by Crippen LogP contribution is 2.56. The molecule has 1 unspecified atom stereocenters. The maximum Gasteiger partial charge on any atom is 0.190 e. The lowest BCUT2D eigenvalue weighted by molar-refractivity contribution is 0.103. The Morgan fingerprint density at radius 2 is 1.88 bits per heavy atom. The zero-order valence-electron chi connectivity index (χ0n) is 14.3. The van der Waals surface area contributed by atoms with Crippen molar-refractivity contribution in [3.63, 3.8) is 0 Å². The lowest BCUT2D eigenvalue weighted by Crippen LogP contribution is -2.34. The first-order valence-corrected chi connectivity index (χ1v) is 8.16. The van der Waals surface area contributed by atoms with Crippen LogP contribution in [0.4, 0.5) is 0 Å². The van der Waals surface area contributed by atoms with Crippen LogP contribution in [-0.2, 0) is 5.41 Å². The highest BCUT2D eigenvalue weighted by Gasteiger charge is 2.45. The van der Waals surface area contributed by atoms with Gasteiger partial charge in [0.05, 0.1) is 17.2 Å². The fourth-order valence-electron chi connectivity index (χ4n) is 4.30. The van der Waals surface area contributed by atoms with E-state index in [0.717, 1.165) is 24.0 Å². The number of benzene rings is 1. The van der Waals surface area contributed by atoms with Crippen molar-refractivity contribution in [2.75, 3.05) is 0 Å². The summed E-state index contributed by atoms with van der Waals surface area (Å²) in [4.78, 5) is 12.8. The fourth-order valence-corrected chi connectivity index (χ4v) is 4.30. The van der Waals surface area contributed by atoms with Crippen molar-refractivity contribution in [2.45, 2.75) is 46.0 Å². The van der Waals surface area contributed by atoms with Crippen molar-refractivity contribution in [3.8, 4) is 11.5 Å². The van der Waals surface area contributed by atoms with E-state index in [-0.39, 0.29) is 28.4 Å². The van der Waals surface area contributed by atoms with E-state index in [1.54, 1.807) is 13.0 Å². The highest BCUT2D eigenvalue weighted by atomic mass is 16.3. The molecule has 0 radical (unpaired) electrons. The molecule has 0 fully saturated rings. The Balaban J connectivity index is 2.16. The molecular weight excluding hydrogens is 304 g/mol. The van der Waals surface area contributed by atoms with Gasteiger partial charge in [0, 0.05) is 11.0 Å². The Kier molecular flexibility index (Phi) is 2.84. The molecule has 4 heteroatoms. The van der Waals surface area contributed by atoms with Gasteiger partial charge < -0.3 is 14.6 Å². The average molecular weight is 324 g/mol. The molecule has 124 valence electrons. The molecule has 0 amide bonds. The minimum Gasteiger partial charge on any atom is -0.506 e. The summed E-state index contributed by atoms with van der Waals surface area (Å²) in [7, 11) is 0. The van der Waals surface area contributed by atoms with Crippen molar-refractivity contribution < 1.29 is 19.4 Å². The number of furan rings is 1. The van der Waals surface area contributed by atoms with Crippen LogP contribution in [0.15, 0.2) is 33.5 Å². The third kappa shape index (κ3) is 1.61. The number of rotatable bonds is 0. The van der Waals surface area contributed by atoms with E-state index < -0.39 is 5.41 Å². The van der Waals surface area contributed by atoms with Gasteiger partial charge in [0.2, 0.25) is 0 Å². The Hall–Kier alpha value is -2.49. The number of phenolic OH excluding ortho intramolecular Hbond substituents is 2. The molecule has 1 aromatic heterocycles. The summed E-state index contributed by atoms with van der Waals surface area (Å²) in [5.74, 6) is -0.379. The molecule has 1 atom stereocenters. The average Bonchev–Trinajstić information content (AvgIpc) is 2.92. The summed E-state index contributed by atoms with van der Waals surface area (Å²) in [6, 6.07) is 0. The van der Waals surface area contributed by atoms with Gasteiger partial charge in [-0.2, -0.15) is 0 Å². The summed E-state index contributed by atoms with van der Waals surface area (Å²) in [6.45, 7) is 7.90. The van der Waals surface area contributed by atoms with Crippen molar-refractivity contribution in [2.24, 2.45) is 0 Å². The van der Waals surface area contributed by atoms with Crippen LogP contribution >= 0.6 is 0 Å². The number of fused-ring (bicyclic) bond motifs is 4. The predicted octanol–water partition coefficient (Wildman–Crippen LogP) is 4.66. The van der Waals surface area contributed by atoms with Crippen LogP contribution < -0.4 is 0 Å². The van der Waals surface area contributed by atoms with E-state index in [1.807, 2.05) is 13.8 Å². The van der Waals surface area contributed by atoms with Crippen molar-refractivity contribution in [3.05, 3.63) is 45.7 Å². The zero-order chi connectivity index (χ0) is 17.4. The number of hydrogen-bond donors (Lipinski definition) is 2. The molecule has 24 heavy (non-hydrogen) atoms. The lowest BCUT2D eigenvalue weighted by Gasteiger charge is -2.41. The first kappa shape index (κ1) is 15.1. The van der Waals surface area contributed by atoms with Crippen molar-refractivity contribution >= 4 is 16.8 Å². The summed E-state index contributed by atoms with van der Waals surface area (Å²) >= 11 is 0. The van der Waals surface area contributed by atoms with Crippen molar-refractivity contribution in [1.82, 2.24) is 0 Å². The number of phenols is 2. The second-order valence-corrected chi connectivity index (χ2v) is 7.23. The number of hydrogen-bond acceptors (Lipinski definition) is 4. The predicted molar refractivity (Wildman–Crippen MR) is 91.7 cm³/mol. The van der Waals surface area contributed by atoms with Gasteiger partial charge in [0.15, 0.2) is 17.1 Å². The fraction of sp³-hybridized carbons (Fsp3) is 0.350. The molecule has 0 spiro atoms. The third-order valence-corrected chi connectivity index (χ3v) is 5.86. The second-order valence-electron chi connectivity index (χ2n) is 7.23. The van der Waals surface area contributed by atoms with Crippen LogP contribution in [0.25, 0.3) is 11.0 Å². The van der Waals surface area contributed by atoms with Crippen LogP contribution in [0.2, 0.25) is 0 Å². The normalized spacial score (nSPS) is 23.3. The summed E-state index contributed by atoms with van der Waals surface area (Å²) in [6.07, 6.45) is 4.79. The summed E-state index contributed by atoms with van der Waals surface area (Å²) in [5.41, 5.74) is 4.43. The first-order chi connectivity index (χ1) is 11.3. The molecule has 2 aliphatic rings. The minimum atomic E-state index is -0.511. The highest BCUT2D eigenvalue weighted by molar-refractivity contribution is 6.15. The van der Waals surface area contributed by atoms with Gasteiger partial charge in [0.25, 0.3) is 0 Å². The van der Waals surface area contributed by atoms with Crippen LogP contribution in [0, 0.1) is 6.92 Å². The number of carbonyl (C=O) groups is 1. The first-order valence-electron chi connectivity index (χ1n) is 8.16. The number of aromatic hydroxyl groups is 2. The summed E-state index contributed by atoms with van der Waals surface area (Å²) < 4.78 is 5.48. The Morgan fingerprint density at radius 1 is 1.17 bits per heavy atom. The maximum atomic E-state index is 12.8. The van der Waals surface area contributed by atoms with E-state index >= 15 is 0 Å². The number of ketones is 1. The van der Waals surface area contributed by atoms with E-state index in [2.05, 4.69) is 6.92 Å². The van der Waals surface area contributed by atoms with Crippen molar-refractivity contribution in [1.29, 1.82) is 0 Å². The SMILES string of the molecule is CC1=C(C)C2=CC(=O)c3c(c(O)c4occ(C)c4c3O)C2(C)CC1. The monoisotopic (exact) mass is 324 g/mol. The molecular formula is C20H20O4. The van der Waals surface area contributed by atoms with Gasteiger partial charge in [-0.1, -0.05) is 12.5 Å². The smallest absolute Gasteiger partial charge is 0.190 e. The topological polar surface area (TPSA) is 70.7 Å². The largest absolute Gasteiger partial charge is 0.506 e. The molecule has 0 aliphatic heterocycles. The zero-order valence-corrected chi connectivity index (χ0v) is 14.3. The molecule has 1 aromatic carbocycles. The molecule has 0 saturated carbocycles. The Morgan fingerprint density at radius 3 is 2.58 bits per heavy atom. The third-order valence-electron chi connectivity index (χ3n) is 5.86. The van der Waals surface area contributed by atoms with Gasteiger partial charge in [-0.05, 0) is 56.4 Å². The van der Waals surface area contributed by atoms with E-state index in [9.17, 15) is 15.0 Å². The van der Waals surface area contributed by atoms with Crippen LogP contribution in [0.1, 0.15) is 55.1 Å². The summed E-state index contributed by atoms with van der Waals surface area (Å²) in [5, 5.41) is 22.1. The number of aryl methyl sites for hydroxylation is 1. The van der Waals surface area contributed by atoms with Gasteiger partial charge >= 0.3 is 0 Å². The van der Waals surface area contributed by atoms with Gasteiger partial charge in [-0.3, -0.25) is 4.79 Å². The lowest BCUT2D eigenvalue weighted by atomic mass is 9.61. The maximum absolute atomic E-state index is 12.8. The van der Waals surface area contributed by atoms with Gasteiger partial charge in [-0.25, -0.2) is 0 Å². The molecule has 2 aromatic rings. The number of carbonyl (C=O) groups excluding carboxylic acids is 1. The van der Waals surface area contributed by atoms with Gasteiger partial charge in [0.1, 0.15) is 5.75 Å². The van der Waals surface area contributed by atoms with Gasteiger partial charge in [-0.15, -0.1) is 0 Å². The van der Waals surface area contributed by atoms with Crippen LogP contribution in [0.5, 0.6) is 11.5 Å². The van der Waals surface area contributed by atoms with E-state index in [4.69, 9.17) is 4.42 Å². The van der Waals surface area contributed by atoms with Crippen LogP contribution in [-0.4, -0.2) is 16.0 Å². The quantitative estimate of drug-likeness (QED) is 0.691. The molecule has 1 heterocycles. The van der Waals surface area contributed by atoms with Crippen LogP contribution in [0.3, 0.4) is 0 Å². The Bertz CT molecular complexity index is 987. The molecule has 4 nitrogen and oxygen atoms in total. The molecule has 0 bridgehead atoms. The molecule has 2 N–H and O–H groups in total. The molecule has 2 aliphatic carbocycles. The molecule has 0 saturated heterocycles. The second kappa shape index (κ2) is 4.53.